The van der Waals surface area contributed by atoms with Crippen LogP contribution in [0.1, 0.15) is 29.1 Å². The highest BCUT2D eigenvalue weighted by atomic mass is 32.2. The summed E-state index contributed by atoms with van der Waals surface area (Å²) < 4.78 is 0. The summed E-state index contributed by atoms with van der Waals surface area (Å²) in [4.78, 5) is 22.7. The smallest absolute Gasteiger partial charge is 0.237 e. The molecule has 0 saturated carbocycles. The van der Waals surface area contributed by atoms with Crippen molar-refractivity contribution < 1.29 is 4.79 Å². The number of H-pyrrole nitrogens is 1. The Morgan fingerprint density at radius 3 is 2.96 bits per heavy atom. The number of fused-ring (bicyclic) bond motifs is 2. The number of aromatic nitrogens is 2. The molecule has 2 heterocycles. The van der Waals surface area contributed by atoms with E-state index >= 15 is 0 Å². The van der Waals surface area contributed by atoms with Gasteiger partial charge in [-0.3, -0.25) is 4.79 Å². The second-order valence-electron chi connectivity index (χ2n) is 6.47. The first kappa shape index (κ1) is 16.2. The van der Waals surface area contributed by atoms with Crippen LogP contribution in [-0.4, -0.2) is 28.2 Å². The van der Waals surface area contributed by atoms with Gasteiger partial charge in [-0.25, -0.2) is 4.98 Å². The molecule has 1 N–H and O–H groups in total. The van der Waals surface area contributed by atoms with E-state index in [0.717, 1.165) is 35.5 Å². The molecule has 4 nitrogen and oxygen atoms in total. The van der Waals surface area contributed by atoms with Crippen molar-refractivity contribution in [2.24, 2.45) is 0 Å². The van der Waals surface area contributed by atoms with Gasteiger partial charge in [-0.15, -0.1) is 11.8 Å². The average Bonchev–Trinajstić information content (AvgIpc) is 3.24. The number of aryl methyl sites for hydroxylation is 1. The number of nitrogens with one attached hydrogen (secondary N) is 1. The third-order valence-corrected chi connectivity index (χ3v) is 5.88. The highest BCUT2D eigenvalue weighted by molar-refractivity contribution is 8.00. The summed E-state index contributed by atoms with van der Waals surface area (Å²) >= 11 is 1.64. The molecular formula is C20H21N3OS. The third-order valence-electron chi connectivity index (χ3n) is 4.75. The third kappa shape index (κ3) is 3.04. The fourth-order valence-corrected chi connectivity index (χ4v) is 4.24. The van der Waals surface area contributed by atoms with Crippen LogP contribution in [0.25, 0.3) is 11.0 Å². The summed E-state index contributed by atoms with van der Waals surface area (Å²) in [5, 5.41) is 0.148. The Kier molecular flexibility index (Phi) is 4.25. The number of rotatable bonds is 4. The van der Waals surface area contributed by atoms with Gasteiger partial charge in [-0.1, -0.05) is 30.3 Å². The number of carbonyl (C=O) groups excluding carboxylic acids is 1. The topological polar surface area (TPSA) is 49.0 Å². The number of carbonyl (C=O) groups is 1. The molecule has 0 radical (unpaired) electrons. The van der Waals surface area contributed by atoms with Crippen molar-refractivity contribution >= 4 is 34.4 Å². The van der Waals surface area contributed by atoms with Crippen LogP contribution in [0.15, 0.2) is 42.5 Å². The summed E-state index contributed by atoms with van der Waals surface area (Å²) in [7, 11) is 0. The Bertz CT molecular complexity index is 901. The van der Waals surface area contributed by atoms with Crippen molar-refractivity contribution in [3.8, 4) is 0 Å². The second kappa shape index (κ2) is 6.56. The van der Waals surface area contributed by atoms with Crippen LogP contribution in [0, 0.1) is 6.92 Å². The second-order valence-corrected chi connectivity index (χ2v) is 7.80. The van der Waals surface area contributed by atoms with Crippen molar-refractivity contribution in [2.75, 3.05) is 17.2 Å². The van der Waals surface area contributed by atoms with E-state index in [1.165, 1.54) is 11.1 Å². The Morgan fingerprint density at radius 1 is 1.28 bits per heavy atom. The Labute approximate surface area is 151 Å². The van der Waals surface area contributed by atoms with Crippen molar-refractivity contribution in [1.29, 1.82) is 0 Å². The Morgan fingerprint density at radius 2 is 2.12 bits per heavy atom. The van der Waals surface area contributed by atoms with Gasteiger partial charge in [-0.05, 0) is 43.5 Å². The number of hydrogen-bond acceptors (Lipinski definition) is 3. The van der Waals surface area contributed by atoms with Crippen LogP contribution < -0.4 is 4.90 Å². The molecule has 1 aliphatic heterocycles. The molecule has 0 aliphatic carbocycles. The Balaban J connectivity index is 1.44. The molecule has 1 aliphatic rings. The maximum Gasteiger partial charge on any atom is 0.237 e. The summed E-state index contributed by atoms with van der Waals surface area (Å²) in [6.07, 6.45) is 0.951. The van der Waals surface area contributed by atoms with Gasteiger partial charge >= 0.3 is 0 Å². The Hall–Kier alpha value is -2.27. The average molecular weight is 351 g/mol. The maximum atomic E-state index is 12.7. The number of amides is 1. The summed E-state index contributed by atoms with van der Waals surface area (Å²) in [6, 6.07) is 14.3. The monoisotopic (exact) mass is 351 g/mol. The quantitative estimate of drug-likeness (QED) is 0.764. The number of hydrogen-bond donors (Lipinski definition) is 1. The molecule has 5 heteroatoms. The van der Waals surface area contributed by atoms with E-state index in [-0.39, 0.29) is 11.2 Å². The van der Waals surface area contributed by atoms with Crippen LogP contribution in [-0.2, 0) is 11.2 Å². The van der Waals surface area contributed by atoms with Crippen molar-refractivity contribution in [1.82, 2.24) is 9.97 Å². The fraction of sp³-hybridized carbons (Fsp3) is 0.300. The number of anilines is 1. The van der Waals surface area contributed by atoms with Crippen LogP contribution in [0.4, 0.5) is 5.69 Å². The minimum Gasteiger partial charge on any atom is -0.341 e. The lowest BCUT2D eigenvalue weighted by molar-refractivity contribution is -0.116. The summed E-state index contributed by atoms with van der Waals surface area (Å²) in [6.45, 7) is 4.96. The molecule has 1 aromatic heterocycles. The van der Waals surface area contributed by atoms with Gasteiger partial charge in [0.1, 0.15) is 5.82 Å². The zero-order valence-corrected chi connectivity index (χ0v) is 15.3. The summed E-state index contributed by atoms with van der Waals surface area (Å²) in [5.41, 5.74) is 5.59. The lowest BCUT2D eigenvalue weighted by atomic mass is 10.1. The van der Waals surface area contributed by atoms with E-state index < -0.39 is 0 Å². The lowest BCUT2D eigenvalue weighted by Crippen LogP contribution is -2.31. The molecule has 0 bridgehead atoms. The molecule has 3 aromatic rings. The minimum absolute atomic E-state index is 0.148. The molecule has 0 fully saturated rings. The molecule has 1 atom stereocenters. The molecule has 1 unspecified atom stereocenters. The van der Waals surface area contributed by atoms with E-state index in [2.05, 4.69) is 42.0 Å². The first-order valence-electron chi connectivity index (χ1n) is 8.58. The van der Waals surface area contributed by atoms with Crippen molar-refractivity contribution in [3.63, 3.8) is 0 Å². The number of imidazole rings is 1. The number of benzene rings is 2. The van der Waals surface area contributed by atoms with E-state index in [1.54, 1.807) is 11.8 Å². The largest absolute Gasteiger partial charge is 0.341 e. The van der Waals surface area contributed by atoms with Crippen molar-refractivity contribution in [2.45, 2.75) is 25.5 Å². The molecule has 128 valence electrons. The predicted molar refractivity (Wildman–Crippen MR) is 104 cm³/mol. The number of nitrogens with zero attached hydrogens (tertiary/aromatic N) is 2. The number of aromatic amines is 1. The molecule has 1 amide bonds. The maximum absolute atomic E-state index is 12.7. The fourth-order valence-electron chi connectivity index (χ4n) is 3.42. The van der Waals surface area contributed by atoms with Crippen molar-refractivity contribution in [3.05, 3.63) is 59.4 Å². The molecule has 0 spiro atoms. The highest BCUT2D eigenvalue weighted by Gasteiger charge is 2.26. The predicted octanol–water partition coefficient (Wildman–Crippen LogP) is 4.25. The van der Waals surface area contributed by atoms with Gasteiger partial charge in [0, 0.05) is 12.2 Å². The first-order chi connectivity index (χ1) is 12.1. The van der Waals surface area contributed by atoms with Crippen LogP contribution in [0.2, 0.25) is 0 Å². The minimum atomic E-state index is 0.148. The highest BCUT2D eigenvalue weighted by Crippen LogP contribution is 2.33. The first-order valence-corrected chi connectivity index (χ1v) is 9.63. The zero-order valence-electron chi connectivity index (χ0n) is 14.5. The van der Waals surface area contributed by atoms with Gasteiger partial charge in [0.2, 0.25) is 5.91 Å². The number of para-hydroxylation sites is 3. The van der Waals surface area contributed by atoms with E-state index in [0.29, 0.717) is 5.75 Å². The van der Waals surface area contributed by atoms with Gasteiger partial charge in [0.15, 0.2) is 0 Å². The van der Waals surface area contributed by atoms with Crippen LogP contribution in [0.3, 0.4) is 0 Å². The molecule has 25 heavy (non-hydrogen) atoms. The van der Waals surface area contributed by atoms with Crippen LogP contribution >= 0.6 is 11.8 Å². The van der Waals surface area contributed by atoms with Gasteiger partial charge < -0.3 is 9.88 Å². The lowest BCUT2D eigenvalue weighted by Gasteiger charge is -2.20. The van der Waals surface area contributed by atoms with Gasteiger partial charge in [0.25, 0.3) is 0 Å². The standard InChI is InChI=1S/C20H21N3OS/c1-13-6-5-7-15-10-11-23(19(13)15)18(24)12-25-14(2)20-21-16-8-3-4-9-17(16)22-20/h3-9,14H,10-12H2,1-2H3,(H,21,22). The zero-order chi connectivity index (χ0) is 17.4. The molecular weight excluding hydrogens is 330 g/mol. The molecule has 4 rings (SSSR count). The summed E-state index contributed by atoms with van der Waals surface area (Å²) in [5.74, 6) is 1.57. The van der Waals surface area contributed by atoms with Gasteiger partial charge in [0.05, 0.1) is 22.0 Å². The van der Waals surface area contributed by atoms with Gasteiger partial charge in [-0.2, -0.15) is 0 Å². The molecule has 0 saturated heterocycles. The van der Waals surface area contributed by atoms with E-state index in [1.807, 2.05) is 29.2 Å². The molecule has 2 aromatic carbocycles. The van der Waals surface area contributed by atoms with E-state index in [4.69, 9.17) is 0 Å². The SMILES string of the molecule is Cc1cccc2c1N(C(=O)CSC(C)c1nc3ccccc3[nH]1)CC2. The number of thioether (sulfide) groups is 1. The van der Waals surface area contributed by atoms with Crippen LogP contribution in [0.5, 0.6) is 0 Å². The normalized spacial score (nSPS) is 14.7. The van der Waals surface area contributed by atoms with E-state index in [9.17, 15) is 4.79 Å².